The summed E-state index contributed by atoms with van der Waals surface area (Å²) in [6, 6.07) is 8.77. The van der Waals surface area contributed by atoms with Gasteiger partial charge >= 0.3 is 0 Å². The Morgan fingerprint density at radius 3 is 3.07 bits per heavy atom. The van der Waals surface area contributed by atoms with Gasteiger partial charge in [-0.15, -0.1) is 0 Å². The molecule has 82 valence electrons. The van der Waals surface area contributed by atoms with Crippen LogP contribution in [0.15, 0.2) is 24.3 Å². The number of rotatable bonds is 3. The number of nitrogens with two attached hydrogens (primary N) is 1. The lowest BCUT2D eigenvalue weighted by molar-refractivity contribution is 0.0947. The van der Waals surface area contributed by atoms with Gasteiger partial charge in [0.2, 0.25) is 0 Å². The topological polar surface area (TPSA) is 35.2 Å². The normalized spacial score (nSPS) is 22.1. The maximum Gasteiger partial charge on any atom is 0.0710 e. The van der Waals surface area contributed by atoms with Gasteiger partial charge in [0.1, 0.15) is 0 Å². The average Bonchev–Trinajstić information content (AvgIpc) is 2.28. The van der Waals surface area contributed by atoms with E-state index >= 15 is 0 Å². The molecular formula is C13H19NO. The van der Waals surface area contributed by atoms with Crippen molar-refractivity contribution in [1.29, 1.82) is 0 Å². The van der Waals surface area contributed by atoms with Gasteiger partial charge in [-0.25, -0.2) is 5.90 Å². The zero-order chi connectivity index (χ0) is 10.7. The van der Waals surface area contributed by atoms with E-state index < -0.39 is 0 Å². The third-order valence-corrected chi connectivity index (χ3v) is 3.46. The second-order valence-corrected chi connectivity index (χ2v) is 4.51. The minimum Gasteiger partial charge on any atom is -0.304 e. The first kappa shape index (κ1) is 10.7. The predicted octanol–water partition coefficient (Wildman–Crippen LogP) is 2.63. The second kappa shape index (κ2) is 4.77. The van der Waals surface area contributed by atoms with Crippen molar-refractivity contribution >= 4 is 0 Å². The average molecular weight is 205 g/mol. The van der Waals surface area contributed by atoms with Gasteiger partial charge in [-0.05, 0) is 42.2 Å². The molecule has 0 aliphatic heterocycles. The zero-order valence-electron chi connectivity index (χ0n) is 9.28. The molecule has 15 heavy (non-hydrogen) atoms. The minimum absolute atomic E-state index is 0.511. The largest absolute Gasteiger partial charge is 0.304 e. The van der Waals surface area contributed by atoms with Crippen LogP contribution in [0.1, 0.15) is 36.8 Å². The quantitative estimate of drug-likeness (QED) is 0.770. The van der Waals surface area contributed by atoms with Crippen molar-refractivity contribution in [3.8, 4) is 0 Å². The molecule has 0 bridgehead atoms. The molecule has 0 fully saturated rings. The van der Waals surface area contributed by atoms with Gasteiger partial charge in [0.15, 0.2) is 0 Å². The van der Waals surface area contributed by atoms with Crippen molar-refractivity contribution < 1.29 is 4.84 Å². The highest BCUT2D eigenvalue weighted by Crippen LogP contribution is 2.36. The zero-order valence-corrected chi connectivity index (χ0v) is 9.28. The fourth-order valence-corrected chi connectivity index (χ4v) is 2.65. The summed E-state index contributed by atoms with van der Waals surface area (Å²) in [6.45, 7) is 2.87. The van der Waals surface area contributed by atoms with Crippen LogP contribution in [-0.2, 0) is 11.3 Å². The molecule has 2 rings (SSSR count). The van der Waals surface area contributed by atoms with Crippen LogP contribution in [-0.4, -0.2) is 6.61 Å². The molecular weight excluding hydrogens is 186 g/mol. The van der Waals surface area contributed by atoms with Crippen LogP contribution in [0.5, 0.6) is 0 Å². The van der Waals surface area contributed by atoms with E-state index in [-0.39, 0.29) is 0 Å². The number of fused-ring (bicyclic) bond motifs is 1. The van der Waals surface area contributed by atoms with Crippen LogP contribution in [0, 0.1) is 5.92 Å². The Bertz CT molecular complexity index is 324. The molecule has 1 aliphatic rings. The highest BCUT2D eigenvalue weighted by Gasteiger charge is 2.24. The van der Waals surface area contributed by atoms with E-state index in [9.17, 15) is 0 Å². The van der Waals surface area contributed by atoms with Crippen LogP contribution in [0.2, 0.25) is 0 Å². The number of hydrogen-bond donors (Lipinski definition) is 1. The van der Waals surface area contributed by atoms with Crippen LogP contribution < -0.4 is 5.90 Å². The lowest BCUT2D eigenvalue weighted by Gasteiger charge is -2.29. The lowest BCUT2D eigenvalue weighted by atomic mass is 9.77. The Morgan fingerprint density at radius 2 is 2.27 bits per heavy atom. The molecule has 1 aromatic carbocycles. The smallest absolute Gasteiger partial charge is 0.0710 e. The Labute approximate surface area is 91.4 Å². The Kier molecular flexibility index (Phi) is 3.39. The Hall–Kier alpha value is -0.860. The van der Waals surface area contributed by atoms with Crippen LogP contribution in [0.4, 0.5) is 0 Å². The first-order valence-electron chi connectivity index (χ1n) is 5.72. The molecule has 1 aliphatic carbocycles. The Morgan fingerprint density at radius 1 is 1.47 bits per heavy atom. The molecule has 0 amide bonds. The van der Waals surface area contributed by atoms with Crippen molar-refractivity contribution in [2.45, 2.75) is 32.1 Å². The standard InChI is InChI=1S/C13H19NO/c1-10(9-15-14)12-8-4-6-11-5-2-3-7-13(11)12/h2-3,5,7,10,12H,4,6,8-9,14H2,1H3. The summed E-state index contributed by atoms with van der Waals surface area (Å²) in [5, 5.41) is 0. The van der Waals surface area contributed by atoms with Gasteiger partial charge in [-0.3, -0.25) is 0 Å². The second-order valence-electron chi connectivity index (χ2n) is 4.51. The van der Waals surface area contributed by atoms with Crippen molar-refractivity contribution in [3.63, 3.8) is 0 Å². The van der Waals surface area contributed by atoms with E-state index in [0.717, 1.165) is 0 Å². The molecule has 0 saturated carbocycles. The molecule has 0 spiro atoms. The van der Waals surface area contributed by atoms with Crippen LogP contribution in [0.3, 0.4) is 0 Å². The number of benzene rings is 1. The van der Waals surface area contributed by atoms with Gasteiger partial charge in [0, 0.05) is 0 Å². The molecule has 0 radical (unpaired) electrons. The molecule has 2 nitrogen and oxygen atoms in total. The van der Waals surface area contributed by atoms with E-state index in [4.69, 9.17) is 10.7 Å². The molecule has 2 heteroatoms. The van der Waals surface area contributed by atoms with Gasteiger partial charge in [0.05, 0.1) is 6.61 Å². The lowest BCUT2D eigenvalue weighted by Crippen LogP contribution is -2.21. The molecule has 0 saturated heterocycles. The Balaban J connectivity index is 2.21. The maximum atomic E-state index is 5.16. The van der Waals surface area contributed by atoms with E-state index in [1.165, 1.54) is 30.4 Å². The van der Waals surface area contributed by atoms with Crippen LogP contribution >= 0.6 is 0 Å². The summed E-state index contributed by atoms with van der Waals surface area (Å²) < 4.78 is 0. The molecule has 1 aromatic rings. The SMILES string of the molecule is CC(CON)C1CCCc2ccccc21. The summed E-state index contributed by atoms with van der Waals surface area (Å²) in [5.74, 6) is 6.29. The summed E-state index contributed by atoms with van der Waals surface area (Å²) in [6.07, 6.45) is 3.78. The minimum atomic E-state index is 0.511. The van der Waals surface area contributed by atoms with Gasteiger partial charge < -0.3 is 4.84 Å². The van der Waals surface area contributed by atoms with E-state index in [1.807, 2.05) is 0 Å². The predicted molar refractivity (Wildman–Crippen MR) is 61.4 cm³/mol. The maximum absolute atomic E-state index is 5.16. The van der Waals surface area contributed by atoms with Crippen molar-refractivity contribution in [2.24, 2.45) is 11.8 Å². The monoisotopic (exact) mass is 205 g/mol. The molecule has 2 unspecified atom stereocenters. The fraction of sp³-hybridized carbons (Fsp3) is 0.538. The molecule has 0 aromatic heterocycles. The first-order chi connectivity index (χ1) is 7.33. The van der Waals surface area contributed by atoms with Crippen LogP contribution in [0.25, 0.3) is 0 Å². The van der Waals surface area contributed by atoms with Gasteiger partial charge in [-0.2, -0.15) is 0 Å². The van der Waals surface area contributed by atoms with Gasteiger partial charge in [-0.1, -0.05) is 31.2 Å². The van der Waals surface area contributed by atoms with E-state index in [1.54, 1.807) is 0 Å². The van der Waals surface area contributed by atoms with Crippen molar-refractivity contribution in [2.75, 3.05) is 6.61 Å². The number of aryl methyl sites for hydroxylation is 1. The summed E-state index contributed by atoms with van der Waals surface area (Å²) in [4.78, 5) is 4.77. The third-order valence-electron chi connectivity index (χ3n) is 3.46. The van der Waals surface area contributed by atoms with E-state index in [0.29, 0.717) is 18.4 Å². The molecule has 2 atom stereocenters. The highest BCUT2D eigenvalue weighted by atomic mass is 16.6. The summed E-state index contributed by atoms with van der Waals surface area (Å²) in [5.41, 5.74) is 3.02. The van der Waals surface area contributed by atoms with Crippen molar-refractivity contribution in [1.82, 2.24) is 0 Å². The summed E-state index contributed by atoms with van der Waals surface area (Å²) in [7, 11) is 0. The summed E-state index contributed by atoms with van der Waals surface area (Å²) >= 11 is 0. The van der Waals surface area contributed by atoms with E-state index in [2.05, 4.69) is 31.2 Å². The fourth-order valence-electron chi connectivity index (χ4n) is 2.65. The first-order valence-corrected chi connectivity index (χ1v) is 5.72. The molecule has 0 heterocycles. The number of hydrogen-bond acceptors (Lipinski definition) is 2. The third kappa shape index (κ3) is 2.21. The van der Waals surface area contributed by atoms with Crippen molar-refractivity contribution in [3.05, 3.63) is 35.4 Å². The molecule has 2 N–H and O–H groups in total. The van der Waals surface area contributed by atoms with Gasteiger partial charge in [0.25, 0.3) is 0 Å². The highest BCUT2D eigenvalue weighted by molar-refractivity contribution is 5.32.